The molecule has 5 nitrogen and oxygen atoms in total. The van der Waals surface area contributed by atoms with Crippen LogP contribution in [0.1, 0.15) is 17.2 Å². The van der Waals surface area contributed by atoms with Gasteiger partial charge in [-0.25, -0.2) is 0 Å². The van der Waals surface area contributed by atoms with Crippen LogP contribution >= 0.6 is 12.4 Å². The summed E-state index contributed by atoms with van der Waals surface area (Å²) in [6.45, 7) is 6.38. The Kier molecular flexibility index (Phi) is 8.42. The van der Waals surface area contributed by atoms with Gasteiger partial charge in [0.25, 0.3) is 0 Å². The van der Waals surface area contributed by atoms with Crippen LogP contribution in [-0.4, -0.2) is 57.2 Å². The highest BCUT2D eigenvalue weighted by Gasteiger charge is 2.22. The lowest BCUT2D eigenvalue weighted by molar-refractivity contribution is -0.120. The predicted molar refractivity (Wildman–Crippen MR) is 90.5 cm³/mol. The van der Waals surface area contributed by atoms with E-state index in [9.17, 15) is 4.79 Å². The third kappa shape index (κ3) is 5.57. The lowest BCUT2D eigenvalue weighted by atomic mass is 10.0. The van der Waals surface area contributed by atoms with Crippen molar-refractivity contribution in [2.45, 2.75) is 13.0 Å². The van der Waals surface area contributed by atoms with Crippen molar-refractivity contribution < 1.29 is 9.53 Å². The number of nitrogens with zero attached hydrogens (tertiary/aromatic N) is 1. The second kappa shape index (κ2) is 9.79. The van der Waals surface area contributed by atoms with E-state index in [4.69, 9.17) is 4.74 Å². The Morgan fingerprint density at radius 1 is 1.27 bits per heavy atom. The molecule has 6 heteroatoms. The smallest absolute Gasteiger partial charge is 0.234 e. The minimum atomic E-state index is 0. The molecule has 1 fully saturated rings. The van der Waals surface area contributed by atoms with Crippen LogP contribution in [0.2, 0.25) is 0 Å². The second-order valence-corrected chi connectivity index (χ2v) is 5.41. The van der Waals surface area contributed by atoms with Crippen LogP contribution in [0.4, 0.5) is 0 Å². The number of carbonyl (C=O) groups is 1. The summed E-state index contributed by atoms with van der Waals surface area (Å²) in [5.41, 5.74) is 2.49. The zero-order valence-electron chi connectivity index (χ0n) is 13.3. The van der Waals surface area contributed by atoms with E-state index in [0.717, 1.165) is 26.3 Å². The normalized spacial score (nSPS) is 16.6. The number of hydrogen-bond donors (Lipinski definition) is 2. The number of rotatable bonds is 6. The van der Waals surface area contributed by atoms with Gasteiger partial charge in [-0.1, -0.05) is 29.8 Å². The van der Waals surface area contributed by atoms with E-state index in [1.54, 1.807) is 7.05 Å². The summed E-state index contributed by atoms with van der Waals surface area (Å²) in [6.07, 6.45) is 0. The molecule has 1 aliphatic rings. The van der Waals surface area contributed by atoms with Gasteiger partial charge >= 0.3 is 0 Å². The molecule has 1 atom stereocenters. The van der Waals surface area contributed by atoms with Gasteiger partial charge in [-0.15, -0.1) is 12.4 Å². The van der Waals surface area contributed by atoms with Crippen LogP contribution in [0.5, 0.6) is 0 Å². The Labute approximate surface area is 138 Å². The molecule has 2 N–H and O–H groups in total. The third-order valence-electron chi connectivity index (χ3n) is 3.78. The van der Waals surface area contributed by atoms with Crippen LogP contribution in [0.3, 0.4) is 0 Å². The lowest BCUT2D eigenvalue weighted by Crippen LogP contribution is -2.44. The molecule has 1 heterocycles. The summed E-state index contributed by atoms with van der Waals surface area (Å²) in [4.78, 5) is 14.1. The molecule has 1 saturated heterocycles. The Morgan fingerprint density at radius 3 is 2.50 bits per heavy atom. The van der Waals surface area contributed by atoms with E-state index in [2.05, 4.69) is 46.7 Å². The number of carbonyl (C=O) groups excluding carboxylic acids is 1. The van der Waals surface area contributed by atoms with Crippen molar-refractivity contribution in [3.05, 3.63) is 35.4 Å². The molecule has 0 radical (unpaired) electrons. The minimum Gasteiger partial charge on any atom is -0.379 e. The van der Waals surface area contributed by atoms with Crippen molar-refractivity contribution in [2.24, 2.45) is 0 Å². The highest BCUT2D eigenvalue weighted by Crippen LogP contribution is 2.21. The first-order valence-corrected chi connectivity index (χ1v) is 7.50. The van der Waals surface area contributed by atoms with Gasteiger partial charge in [0.05, 0.1) is 25.8 Å². The van der Waals surface area contributed by atoms with Gasteiger partial charge < -0.3 is 15.4 Å². The van der Waals surface area contributed by atoms with Gasteiger partial charge in [-0.05, 0) is 19.5 Å². The van der Waals surface area contributed by atoms with E-state index in [1.165, 1.54) is 11.1 Å². The third-order valence-corrected chi connectivity index (χ3v) is 3.78. The van der Waals surface area contributed by atoms with Crippen LogP contribution < -0.4 is 10.6 Å². The zero-order valence-corrected chi connectivity index (χ0v) is 14.1. The number of aryl methyl sites for hydroxylation is 1. The predicted octanol–water partition coefficient (Wildman–Crippen LogP) is 1.13. The van der Waals surface area contributed by atoms with E-state index in [-0.39, 0.29) is 24.4 Å². The van der Waals surface area contributed by atoms with Crippen molar-refractivity contribution in [1.82, 2.24) is 15.5 Å². The van der Waals surface area contributed by atoms with Crippen molar-refractivity contribution in [3.8, 4) is 0 Å². The van der Waals surface area contributed by atoms with E-state index >= 15 is 0 Å². The largest absolute Gasteiger partial charge is 0.379 e. The summed E-state index contributed by atoms with van der Waals surface area (Å²) in [6, 6.07) is 8.76. The summed E-state index contributed by atoms with van der Waals surface area (Å²) in [5, 5.41) is 5.88. The van der Waals surface area contributed by atoms with Gasteiger partial charge in [0.2, 0.25) is 5.91 Å². The molecule has 1 amide bonds. The highest BCUT2D eigenvalue weighted by atomic mass is 35.5. The van der Waals surface area contributed by atoms with Crippen molar-refractivity contribution in [1.29, 1.82) is 0 Å². The molecule has 22 heavy (non-hydrogen) atoms. The van der Waals surface area contributed by atoms with Gasteiger partial charge in [0.1, 0.15) is 0 Å². The number of halogens is 1. The average Bonchev–Trinajstić information content (AvgIpc) is 2.50. The van der Waals surface area contributed by atoms with Gasteiger partial charge in [-0.3, -0.25) is 9.69 Å². The summed E-state index contributed by atoms with van der Waals surface area (Å²) >= 11 is 0. The van der Waals surface area contributed by atoms with Gasteiger partial charge in [-0.2, -0.15) is 0 Å². The first kappa shape index (κ1) is 18.9. The van der Waals surface area contributed by atoms with Crippen LogP contribution in [0.15, 0.2) is 24.3 Å². The Morgan fingerprint density at radius 2 is 1.91 bits per heavy atom. The lowest BCUT2D eigenvalue weighted by Gasteiger charge is -2.35. The van der Waals surface area contributed by atoms with Crippen LogP contribution in [0.25, 0.3) is 0 Å². The number of likely N-dealkylation sites (N-methyl/N-ethyl adjacent to an activating group) is 1. The van der Waals surface area contributed by atoms with Crippen molar-refractivity contribution in [2.75, 3.05) is 46.4 Å². The van der Waals surface area contributed by atoms with Crippen LogP contribution in [0, 0.1) is 6.92 Å². The topological polar surface area (TPSA) is 53.6 Å². The molecule has 0 bridgehead atoms. The molecule has 1 unspecified atom stereocenters. The molecular formula is C16H26ClN3O2. The first-order valence-electron chi connectivity index (χ1n) is 7.50. The number of nitrogens with one attached hydrogen (secondary N) is 2. The molecule has 0 aliphatic carbocycles. The van der Waals surface area contributed by atoms with Crippen molar-refractivity contribution in [3.63, 3.8) is 0 Å². The average molecular weight is 328 g/mol. The minimum absolute atomic E-state index is 0. The maximum Gasteiger partial charge on any atom is 0.234 e. The number of morpholine rings is 1. The Bertz CT molecular complexity index is 447. The monoisotopic (exact) mass is 327 g/mol. The Hall–Kier alpha value is -1.14. The molecule has 0 spiro atoms. The van der Waals surface area contributed by atoms with Gasteiger partial charge in [0, 0.05) is 19.6 Å². The van der Waals surface area contributed by atoms with Crippen molar-refractivity contribution >= 4 is 18.3 Å². The summed E-state index contributed by atoms with van der Waals surface area (Å²) < 4.78 is 5.43. The van der Waals surface area contributed by atoms with E-state index in [0.29, 0.717) is 13.1 Å². The molecule has 1 aromatic rings. The van der Waals surface area contributed by atoms with Gasteiger partial charge in [0.15, 0.2) is 0 Å². The maximum atomic E-state index is 11.7. The molecule has 0 saturated carbocycles. The summed E-state index contributed by atoms with van der Waals surface area (Å²) in [5.74, 6) is 0.0304. The van der Waals surface area contributed by atoms with Crippen LogP contribution in [-0.2, 0) is 9.53 Å². The highest BCUT2D eigenvalue weighted by molar-refractivity contribution is 5.85. The molecule has 124 valence electrons. The SMILES string of the molecule is CNCC(=O)NCC(c1ccc(C)cc1)N1CCOCC1.Cl. The number of benzene rings is 1. The zero-order chi connectivity index (χ0) is 15.1. The molecular weight excluding hydrogens is 302 g/mol. The van der Waals surface area contributed by atoms with E-state index in [1.807, 2.05) is 0 Å². The maximum absolute atomic E-state index is 11.7. The van der Waals surface area contributed by atoms with E-state index < -0.39 is 0 Å². The fourth-order valence-corrected chi connectivity index (χ4v) is 2.57. The molecule has 2 rings (SSSR count). The fourth-order valence-electron chi connectivity index (χ4n) is 2.57. The standard InChI is InChI=1S/C16H25N3O2.ClH/c1-13-3-5-14(6-4-13)15(11-18-16(20)12-17-2)19-7-9-21-10-8-19;/h3-6,15,17H,7-12H2,1-2H3,(H,18,20);1H. The number of ether oxygens (including phenoxy) is 1. The molecule has 1 aromatic carbocycles. The molecule has 1 aliphatic heterocycles. The first-order chi connectivity index (χ1) is 10.2. The summed E-state index contributed by atoms with van der Waals surface area (Å²) in [7, 11) is 1.78. The number of hydrogen-bond acceptors (Lipinski definition) is 4. The number of amides is 1. The quantitative estimate of drug-likeness (QED) is 0.822. The Balaban J connectivity index is 0.00000242. The second-order valence-electron chi connectivity index (χ2n) is 5.41. The molecule has 0 aromatic heterocycles. The fraction of sp³-hybridized carbons (Fsp3) is 0.562.